The van der Waals surface area contributed by atoms with E-state index in [-0.39, 0.29) is 5.41 Å². The standard InChI is InChI=1S/C22H38O/c1-8-10-18(9-2)15-23-16-19-11-13-20(14-12-19)22(6,7)17-21(3,4)5/h11-14,18H,8-10,15-17H2,1-7H3. The van der Waals surface area contributed by atoms with Crippen molar-refractivity contribution in [2.75, 3.05) is 6.61 Å². The summed E-state index contributed by atoms with van der Waals surface area (Å²) in [6.45, 7) is 17.8. The summed E-state index contributed by atoms with van der Waals surface area (Å²) in [5.74, 6) is 0.713. The number of hydrogen-bond donors (Lipinski definition) is 0. The van der Waals surface area contributed by atoms with Crippen molar-refractivity contribution in [2.24, 2.45) is 11.3 Å². The summed E-state index contributed by atoms with van der Waals surface area (Å²) in [5, 5.41) is 0. The van der Waals surface area contributed by atoms with Gasteiger partial charge >= 0.3 is 0 Å². The lowest BCUT2D eigenvalue weighted by molar-refractivity contribution is 0.0824. The van der Waals surface area contributed by atoms with Crippen LogP contribution in [0.25, 0.3) is 0 Å². The van der Waals surface area contributed by atoms with Gasteiger partial charge in [0.15, 0.2) is 0 Å². The summed E-state index contributed by atoms with van der Waals surface area (Å²) in [6.07, 6.45) is 4.93. The topological polar surface area (TPSA) is 9.23 Å². The lowest BCUT2D eigenvalue weighted by atomic mass is 9.72. The molecule has 0 aromatic heterocycles. The lowest BCUT2D eigenvalue weighted by Gasteiger charge is -2.33. The summed E-state index contributed by atoms with van der Waals surface area (Å²) in [4.78, 5) is 0. The number of benzene rings is 1. The van der Waals surface area contributed by atoms with Gasteiger partial charge in [0.05, 0.1) is 6.61 Å². The third kappa shape index (κ3) is 7.52. The molecule has 0 saturated carbocycles. The first-order chi connectivity index (χ1) is 10.7. The Balaban J connectivity index is 2.56. The van der Waals surface area contributed by atoms with Crippen LogP contribution in [0.5, 0.6) is 0 Å². The molecule has 132 valence electrons. The van der Waals surface area contributed by atoms with Crippen LogP contribution < -0.4 is 0 Å². The third-order valence-corrected chi connectivity index (χ3v) is 4.60. The van der Waals surface area contributed by atoms with E-state index in [1.54, 1.807) is 0 Å². The highest BCUT2D eigenvalue weighted by atomic mass is 16.5. The normalized spacial score (nSPS) is 14.0. The van der Waals surface area contributed by atoms with Gasteiger partial charge < -0.3 is 4.74 Å². The van der Waals surface area contributed by atoms with Crippen LogP contribution in [0, 0.1) is 11.3 Å². The zero-order valence-corrected chi connectivity index (χ0v) is 16.5. The van der Waals surface area contributed by atoms with E-state index in [4.69, 9.17) is 4.74 Å². The molecule has 1 aromatic rings. The molecule has 0 radical (unpaired) electrons. The maximum Gasteiger partial charge on any atom is 0.0717 e. The van der Waals surface area contributed by atoms with E-state index in [0.717, 1.165) is 13.2 Å². The van der Waals surface area contributed by atoms with Gasteiger partial charge in [-0.2, -0.15) is 0 Å². The molecule has 1 heteroatoms. The zero-order valence-electron chi connectivity index (χ0n) is 16.5. The average molecular weight is 319 g/mol. The Morgan fingerprint density at radius 1 is 0.957 bits per heavy atom. The second-order valence-electron chi connectivity index (χ2n) is 8.90. The fourth-order valence-corrected chi connectivity index (χ4v) is 3.64. The smallest absolute Gasteiger partial charge is 0.0717 e. The van der Waals surface area contributed by atoms with Crippen molar-refractivity contribution < 1.29 is 4.74 Å². The van der Waals surface area contributed by atoms with Crippen molar-refractivity contribution in [3.8, 4) is 0 Å². The van der Waals surface area contributed by atoms with Crippen LogP contribution in [0.1, 0.15) is 85.3 Å². The van der Waals surface area contributed by atoms with Crippen molar-refractivity contribution in [3.63, 3.8) is 0 Å². The molecule has 1 aromatic carbocycles. The van der Waals surface area contributed by atoms with Crippen LogP contribution in [0.2, 0.25) is 0 Å². The molecule has 0 fully saturated rings. The van der Waals surface area contributed by atoms with Crippen LogP contribution in [0.3, 0.4) is 0 Å². The van der Waals surface area contributed by atoms with E-state index in [1.807, 2.05) is 0 Å². The summed E-state index contributed by atoms with van der Waals surface area (Å²) in [6, 6.07) is 9.04. The molecule has 1 unspecified atom stereocenters. The minimum Gasteiger partial charge on any atom is -0.376 e. The van der Waals surface area contributed by atoms with E-state index >= 15 is 0 Å². The highest BCUT2D eigenvalue weighted by Gasteiger charge is 2.26. The first kappa shape index (κ1) is 20.2. The molecule has 0 saturated heterocycles. The molecule has 1 rings (SSSR count). The van der Waals surface area contributed by atoms with Crippen molar-refractivity contribution in [2.45, 2.75) is 86.2 Å². The minimum absolute atomic E-state index is 0.214. The van der Waals surface area contributed by atoms with Crippen LogP contribution in [0.4, 0.5) is 0 Å². The fraction of sp³-hybridized carbons (Fsp3) is 0.727. The fourth-order valence-electron chi connectivity index (χ4n) is 3.64. The number of hydrogen-bond acceptors (Lipinski definition) is 1. The van der Waals surface area contributed by atoms with E-state index in [9.17, 15) is 0 Å². The first-order valence-corrected chi connectivity index (χ1v) is 9.35. The molecule has 0 bridgehead atoms. The molecule has 0 aliphatic rings. The van der Waals surface area contributed by atoms with Gasteiger partial charge in [-0.1, -0.05) is 85.6 Å². The van der Waals surface area contributed by atoms with Gasteiger partial charge in [-0.05, 0) is 40.7 Å². The molecule has 0 aliphatic heterocycles. The van der Waals surface area contributed by atoms with Gasteiger partial charge in [0, 0.05) is 6.61 Å². The van der Waals surface area contributed by atoms with Gasteiger partial charge in [0.2, 0.25) is 0 Å². The second kappa shape index (κ2) is 8.87. The Morgan fingerprint density at radius 3 is 2.04 bits per heavy atom. The molecule has 1 nitrogen and oxygen atoms in total. The van der Waals surface area contributed by atoms with Gasteiger partial charge in [-0.15, -0.1) is 0 Å². The molecule has 23 heavy (non-hydrogen) atoms. The minimum atomic E-state index is 0.214. The summed E-state index contributed by atoms with van der Waals surface area (Å²) in [5.41, 5.74) is 3.27. The average Bonchev–Trinajstić information content (AvgIpc) is 2.44. The summed E-state index contributed by atoms with van der Waals surface area (Å²) in [7, 11) is 0. The monoisotopic (exact) mass is 318 g/mol. The quantitative estimate of drug-likeness (QED) is 0.489. The highest BCUT2D eigenvalue weighted by molar-refractivity contribution is 5.28. The molecular weight excluding hydrogens is 280 g/mol. The maximum absolute atomic E-state index is 5.93. The van der Waals surface area contributed by atoms with Gasteiger partial charge in [-0.3, -0.25) is 0 Å². The second-order valence-corrected chi connectivity index (χ2v) is 8.90. The van der Waals surface area contributed by atoms with E-state index in [0.29, 0.717) is 11.3 Å². The Bertz CT molecular complexity index is 436. The van der Waals surface area contributed by atoms with E-state index in [1.165, 1.54) is 36.8 Å². The Morgan fingerprint density at radius 2 is 1.57 bits per heavy atom. The molecule has 1 atom stereocenters. The highest BCUT2D eigenvalue weighted by Crippen LogP contribution is 2.36. The Kier molecular flexibility index (Phi) is 7.80. The van der Waals surface area contributed by atoms with Crippen molar-refractivity contribution in [1.82, 2.24) is 0 Å². The molecule has 0 heterocycles. The summed E-state index contributed by atoms with van der Waals surface area (Å²) < 4.78 is 5.93. The summed E-state index contributed by atoms with van der Waals surface area (Å²) >= 11 is 0. The molecule has 0 amide bonds. The number of rotatable bonds is 9. The van der Waals surface area contributed by atoms with E-state index < -0.39 is 0 Å². The van der Waals surface area contributed by atoms with Crippen LogP contribution in [-0.2, 0) is 16.8 Å². The number of ether oxygens (including phenoxy) is 1. The first-order valence-electron chi connectivity index (χ1n) is 9.35. The van der Waals surface area contributed by atoms with Crippen molar-refractivity contribution in [3.05, 3.63) is 35.4 Å². The third-order valence-electron chi connectivity index (χ3n) is 4.60. The zero-order chi connectivity index (χ0) is 17.5. The van der Waals surface area contributed by atoms with Crippen molar-refractivity contribution >= 4 is 0 Å². The molecule has 0 spiro atoms. The van der Waals surface area contributed by atoms with Gasteiger partial charge in [0.25, 0.3) is 0 Å². The predicted molar refractivity (Wildman–Crippen MR) is 102 cm³/mol. The predicted octanol–water partition coefficient (Wildman–Crippen LogP) is 6.74. The molecule has 0 N–H and O–H groups in total. The Hall–Kier alpha value is -0.820. The maximum atomic E-state index is 5.93. The van der Waals surface area contributed by atoms with E-state index in [2.05, 4.69) is 72.7 Å². The van der Waals surface area contributed by atoms with Crippen LogP contribution >= 0.6 is 0 Å². The lowest BCUT2D eigenvalue weighted by Crippen LogP contribution is -2.24. The van der Waals surface area contributed by atoms with Gasteiger partial charge in [-0.25, -0.2) is 0 Å². The van der Waals surface area contributed by atoms with Gasteiger partial charge in [0.1, 0.15) is 0 Å². The van der Waals surface area contributed by atoms with Crippen LogP contribution in [0.15, 0.2) is 24.3 Å². The van der Waals surface area contributed by atoms with Crippen molar-refractivity contribution in [1.29, 1.82) is 0 Å². The van der Waals surface area contributed by atoms with Crippen LogP contribution in [-0.4, -0.2) is 6.61 Å². The molecular formula is C22H38O. The SMILES string of the molecule is CCCC(CC)COCc1ccc(C(C)(C)CC(C)(C)C)cc1. The molecule has 0 aliphatic carbocycles. The largest absolute Gasteiger partial charge is 0.376 e. The Labute approximate surface area is 144 Å².